The average molecular weight is 1810 g/mol. The second-order valence-corrected chi connectivity index (χ2v) is 32.9. The minimum Gasteiger partial charge on any atom is -0.496 e. The Morgan fingerprint density at radius 1 is 0.475 bits per heavy atom. The Bertz CT molecular complexity index is 5860. The summed E-state index contributed by atoms with van der Waals surface area (Å²) in [6.45, 7) is 16.4. The van der Waals surface area contributed by atoms with Crippen molar-refractivity contribution < 1.29 is 33.0 Å². The molecule has 0 spiro atoms. The molecule has 4 amide bonds. The Labute approximate surface area is 730 Å². The van der Waals surface area contributed by atoms with E-state index in [1.54, 1.807) is 56.9 Å². The van der Waals surface area contributed by atoms with Gasteiger partial charge < -0.3 is 35.6 Å². The van der Waals surface area contributed by atoms with E-state index < -0.39 is 5.92 Å². The normalized spacial score (nSPS) is 13.1. The zero-order valence-electron chi connectivity index (χ0n) is 67.8. The van der Waals surface area contributed by atoms with Crippen molar-refractivity contribution in [2.24, 2.45) is 5.92 Å². The quantitative estimate of drug-likeness (QED) is 0.0529. The molecule has 21 heteroatoms. The van der Waals surface area contributed by atoms with Crippen molar-refractivity contribution in [2.75, 3.05) is 59.6 Å². The first kappa shape index (κ1) is 87.5. The first-order valence-corrected chi connectivity index (χ1v) is 42.2. The summed E-state index contributed by atoms with van der Waals surface area (Å²) in [5, 5.41) is 22.0. The molecular weight excluding hydrogens is 1720 g/mol. The number of nitriles is 1. The smallest absolute Gasteiger partial charge is 0.231 e. The summed E-state index contributed by atoms with van der Waals surface area (Å²) in [5.41, 5.74) is 21.0. The van der Waals surface area contributed by atoms with Gasteiger partial charge in [0.1, 0.15) is 17.6 Å². The summed E-state index contributed by atoms with van der Waals surface area (Å²) in [5.74, 6) is -0.756. The highest BCUT2D eigenvalue weighted by Gasteiger charge is 2.31. The molecule has 1 aliphatic carbocycles. The van der Waals surface area contributed by atoms with Crippen LogP contribution in [0.25, 0.3) is 55.6 Å². The maximum Gasteiger partial charge on any atom is 0.231 e. The second-order valence-electron chi connectivity index (χ2n) is 29.7. The fourth-order valence-corrected chi connectivity index (χ4v) is 15.4. The van der Waals surface area contributed by atoms with Crippen LogP contribution in [0.4, 0.5) is 32.8 Å². The van der Waals surface area contributed by atoms with Crippen LogP contribution < -0.4 is 30.9 Å². The molecule has 2 aliphatic rings. The van der Waals surface area contributed by atoms with E-state index in [2.05, 4.69) is 112 Å². The molecular formula is C99H91Br3ClFN10O6. The molecule has 608 valence electrons. The minimum atomic E-state index is -0.569. The van der Waals surface area contributed by atoms with Crippen molar-refractivity contribution in [1.29, 1.82) is 5.26 Å². The van der Waals surface area contributed by atoms with E-state index in [-0.39, 0.29) is 47.2 Å². The Hall–Kier alpha value is -11.8. The van der Waals surface area contributed by atoms with Crippen LogP contribution in [-0.2, 0) is 23.9 Å². The number of rotatable bonds is 21. The number of methoxy groups -OCH3 is 1. The predicted molar refractivity (Wildman–Crippen MR) is 491 cm³/mol. The van der Waals surface area contributed by atoms with Gasteiger partial charge in [-0.3, -0.25) is 39.1 Å². The number of benzene rings is 9. The zero-order chi connectivity index (χ0) is 84.9. The lowest BCUT2D eigenvalue weighted by Gasteiger charge is -2.29. The third-order valence-electron chi connectivity index (χ3n) is 20.8. The van der Waals surface area contributed by atoms with Gasteiger partial charge in [0.2, 0.25) is 23.6 Å². The number of anilines is 5. The monoisotopic (exact) mass is 1810 g/mol. The largest absolute Gasteiger partial charge is 0.496 e. The lowest BCUT2D eigenvalue weighted by Crippen LogP contribution is -2.36. The van der Waals surface area contributed by atoms with Crippen LogP contribution in [0.2, 0.25) is 5.02 Å². The molecule has 1 aliphatic heterocycles. The number of amides is 4. The molecule has 120 heavy (non-hydrogen) atoms. The number of morpholine rings is 1. The fourth-order valence-electron chi connectivity index (χ4n) is 13.9. The van der Waals surface area contributed by atoms with Gasteiger partial charge in [0, 0.05) is 114 Å². The summed E-state index contributed by atoms with van der Waals surface area (Å²) in [6, 6.07) is 78.9. The van der Waals surface area contributed by atoms with Gasteiger partial charge in [0.15, 0.2) is 0 Å². The molecule has 0 radical (unpaired) electrons. The maximum absolute atomic E-state index is 14.7. The van der Waals surface area contributed by atoms with Crippen molar-refractivity contribution >= 4 is 111 Å². The Morgan fingerprint density at radius 3 is 1.44 bits per heavy atom. The van der Waals surface area contributed by atoms with E-state index in [0.29, 0.717) is 44.9 Å². The first-order chi connectivity index (χ1) is 57.9. The van der Waals surface area contributed by atoms with Crippen LogP contribution in [0.5, 0.6) is 5.75 Å². The highest BCUT2D eigenvalue weighted by molar-refractivity contribution is 9.11. The van der Waals surface area contributed by atoms with E-state index in [0.717, 1.165) is 153 Å². The highest BCUT2D eigenvalue weighted by atomic mass is 79.9. The molecule has 1 saturated heterocycles. The topological polar surface area (TPSA) is 213 Å². The maximum atomic E-state index is 14.7. The summed E-state index contributed by atoms with van der Waals surface area (Å²) in [7, 11) is 1.60. The molecule has 4 N–H and O–H groups in total. The van der Waals surface area contributed by atoms with Gasteiger partial charge in [-0.2, -0.15) is 5.26 Å². The number of aryl methyl sites for hydroxylation is 4. The lowest BCUT2D eigenvalue weighted by atomic mass is 9.92. The summed E-state index contributed by atoms with van der Waals surface area (Å²) >= 11 is 16.8. The van der Waals surface area contributed by atoms with Crippen LogP contribution in [-0.4, -0.2) is 77.0 Å². The van der Waals surface area contributed by atoms with Gasteiger partial charge in [0.05, 0.1) is 60.3 Å². The lowest BCUT2D eigenvalue weighted by molar-refractivity contribution is -0.118. The summed E-state index contributed by atoms with van der Waals surface area (Å²) in [4.78, 5) is 70.6. The van der Waals surface area contributed by atoms with Crippen molar-refractivity contribution in [2.45, 2.75) is 91.4 Å². The van der Waals surface area contributed by atoms with Crippen LogP contribution in [0.3, 0.4) is 0 Å². The van der Waals surface area contributed by atoms with Crippen LogP contribution >= 0.6 is 59.4 Å². The third kappa shape index (κ3) is 24.2. The second kappa shape index (κ2) is 41.7. The van der Waals surface area contributed by atoms with E-state index >= 15 is 0 Å². The van der Waals surface area contributed by atoms with Crippen LogP contribution in [0, 0.1) is 50.8 Å². The minimum absolute atomic E-state index is 0.0671. The highest BCUT2D eigenvalue weighted by Crippen LogP contribution is 2.41. The molecule has 4 aromatic heterocycles. The number of nitrogens with one attached hydrogen (secondary N) is 4. The molecule has 4 atom stereocenters. The zero-order valence-corrected chi connectivity index (χ0v) is 73.3. The number of ether oxygens (including phenoxy) is 2. The van der Waals surface area contributed by atoms with E-state index in [1.165, 1.54) is 25.0 Å². The van der Waals surface area contributed by atoms with Gasteiger partial charge >= 0.3 is 0 Å². The van der Waals surface area contributed by atoms with Crippen molar-refractivity contribution in [3.63, 3.8) is 0 Å². The first-order valence-electron chi connectivity index (χ1n) is 39.5. The Kier molecular flexibility index (Phi) is 30.4. The molecule has 5 heterocycles. The number of pyridine rings is 4. The third-order valence-corrected chi connectivity index (χ3v) is 22.6. The number of hydrogen-bond donors (Lipinski definition) is 4. The summed E-state index contributed by atoms with van der Waals surface area (Å²) < 4.78 is 28.6. The molecule has 2 fully saturated rings. The number of aromatic nitrogens is 4. The van der Waals surface area contributed by atoms with Crippen LogP contribution in [0.1, 0.15) is 114 Å². The Morgan fingerprint density at radius 2 is 0.917 bits per heavy atom. The predicted octanol–water partition coefficient (Wildman–Crippen LogP) is 24.4. The van der Waals surface area contributed by atoms with Crippen molar-refractivity contribution in [3.05, 3.63) is 342 Å². The van der Waals surface area contributed by atoms with E-state index in [9.17, 15) is 28.8 Å². The standard InChI is InChI=1S/C32H32FN3O3.C24H23BrN2O.C22H18BrN3O.C21H18BrClN2O/c1-21-16-24(10-11-34-21)30-9-6-28(20-31(30)38-3)35-32(37)22(2)25-17-26(19-27(33)18-25)23-4-7-29(8-5-23)36-12-14-39-15-13-36;1-16-13-19(11-12-26-16)18-7-9-22(10-8-18)27-24(28)23(14-17-5-6-17)20-3-2-4-21(25)15-20;1-14-10-18(8-9-25-14)17-6-7-21(19(11-17)13-24)26-22(27)15(2)16-4-3-5-20(23)12-16;1-13-10-16(8-9-24-13)19-7-6-18(12-20(19)23)25-21(26)14(2)15-4-3-5-17(22)11-15/h4-11,16-20,22H,12-15H2,1-3H3,(H,35,37);2-4,7-13,15,17,23H,5-6,14H2,1H3,(H,27,28);3-12,15H,1-2H3,(H,26,27);3-12,14H,1-2H3,(H,25,26). The van der Waals surface area contributed by atoms with Crippen LogP contribution in [0.15, 0.2) is 281 Å². The molecule has 4 unspecified atom stereocenters. The number of hydrogen-bond acceptors (Lipinski definition) is 12. The van der Waals surface area contributed by atoms with E-state index in [1.807, 2.05) is 242 Å². The molecule has 16 nitrogen and oxygen atoms in total. The average Bonchev–Trinajstić information content (AvgIpc) is 0.934. The SMILES string of the molecule is COc1cc(NC(=O)C(C)c2cc(F)cc(-c3ccc(N4CCOCC4)cc3)c2)ccc1-c1ccnc(C)c1.Cc1cc(-c2ccc(NC(=O)C(C)c3cccc(Br)c3)c(C#N)c2)ccn1.Cc1cc(-c2ccc(NC(=O)C(C)c3cccc(Br)c3)cc2Cl)ccn1.Cc1cc(-c2ccc(NC(=O)C(CC3CC3)c3cccc(Br)c3)cc2)ccn1. The van der Waals surface area contributed by atoms with Gasteiger partial charge in [-0.15, -0.1) is 0 Å². The number of nitrogens with zero attached hydrogens (tertiary/aromatic N) is 6. The molecule has 1 saturated carbocycles. The number of carbonyl (C=O) groups excluding carboxylic acids is 4. The molecule has 9 aromatic carbocycles. The van der Waals surface area contributed by atoms with Crippen molar-refractivity contribution in [3.8, 4) is 67.5 Å². The van der Waals surface area contributed by atoms with Gasteiger partial charge in [-0.1, -0.05) is 151 Å². The number of carbonyl (C=O) groups is 4. The van der Waals surface area contributed by atoms with E-state index in [4.69, 9.17) is 21.1 Å². The van der Waals surface area contributed by atoms with Gasteiger partial charge in [-0.05, 0) is 285 Å². The van der Waals surface area contributed by atoms with Crippen molar-refractivity contribution in [1.82, 2.24) is 19.9 Å². The number of halogens is 5. The molecule has 15 rings (SSSR count). The van der Waals surface area contributed by atoms with Gasteiger partial charge in [0.25, 0.3) is 0 Å². The summed E-state index contributed by atoms with van der Waals surface area (Å²) in [6.07, 6.45) is 10.5. The molecule has 0 bridgehead atoms. The van der Waals surface area contributed by atoms with Gasteiger partial charge in [-0.25, -0.2) is 4.39 Å². The fraction of sp³-hybridized carbons (Fsp3) is 0.202. The Balaban J connectivity index is 0.000000149. The molecule has 13 aromatic rings.